The number of nitrogens with one attached hydrogen (secondary N) is 2. The minimum absolute atomic E-state index is 0.0335. The van der Waals surface area contributed by atoms with Crippen LogP contribution in [0.3, 0.4) is 0 Å². The van der Waals surface area contributed by atoms with Gasteiger partial charge in [0, 0.05) is 16.9 Å². The van der Waals surface area contributed by atoms with Gasteiger partial charge in [0.2, 0.25) is 17.7 Å². The van der Waals surface area contributed by atoms with Gasteiger partial charge in [-0.25, -0.2) is 4.79 Å². The molecule has 8 nitrogen and oxygen atoms in total. The first kappa shape index (κ1) is 15.3. The summed E-state index contributed by atoms with van der Waals surface area (Å²) in [6.07, 6.45) is 0. The summed E-state index contributed by atoms with van der Waals surface area (Å²) in [7, 11) is 0. The standard InChI is InChI=1S/C17H16N4O4/c1-3-24-15(22)12-13(18)25-14-11(8(2)20-21-14)17(12)9-6-4-5-7-10(9)19-16(17)23/h4-7H,3,18H2,1-2H3,(H,19,23)(H,20,21)/t17-/m0/s1. The van der Waals surface area contributed by atoms with Crippen LogP contribution >= 0.6 is 0 Å². The van der Waals surface area contributed by atoms with Crippen LogP contribution in [-0.2, 0) is 19.7 Å². The van der Waals surface area contributed by atoms with Crippen molar-refractivity contribution in [2.75, 3.05) is 11.9 Å². The highest BCUT2D eigenvalue weighted by Crippen LogP contribution is 2.53. The normalized spacial score (nSPS) is 20.8. The van der Waals surface area contributed by atoms with E-state index in [4.69, 9.17) is 15.2 Å². The number of aryl methyl sites for hydroxylation is 1. The minimum Gasteiger partial charge on any atom is -0.462 e. The molecule has 128 valence electrons. The maximum Gasteiger partial charge on any atom is 0.341 e. The van der Waals surface area contributed by atoms with Crippen molar-refractivity contribution in [2.24, 2.45) is 5.73 Å². The number of benzene rings is 1. The molecule has 1 spiro atoms. The number of carbonyl (C=O) groups is 2. The maximum absolute atomic E-state index is 13.2. The van der Waals surface area contributed by atoms with Crippen molar-refractivity contribution in [1.82, 2.24) is 10.2 Å². The van der Waals surface area contributed by atoms with Gasteiger partial charge in [-0.05, 0) is 19.9 Å². The second kappa shape index (κ2) is 5.10. The fourth-order valence-electron chi connectivity index (χ4n) is 3.60. The molecule has 25 heavy (non-hydrogen) atoms. The van der Waals surface area contributed by atoms with Crippen molar-refractivity contribution >= 4 is 17.6 Å². The SMILES string of the molecule is CCOC(=O)C1=C(N)Oc2n[nH]c(C)c2[C@]12C(=O)Nc1ccccc12. The van der Waals surface area contributed by atoms with E-state index in [0.29, 0.717) is 22.5 Å². The molecule has 3 heterocycles. The lowest BCUT2D eigenvalue weighted by molar-refractivity contribution is -0.140. The summed E-state index contributed by atoms with van der Waals surface area (Å²) in [5.74, 6) is -1.11. The number of aromatic nitrogens is 2. The van der Waals surface area contributed by atoms with Gasteiger partial charge in [-0.15, -0.1) is 5.10 Å². The smallest absolute Gasteiger partial charge is 0.341 e. The number of ether oxygens (including phenoxy) is 2. The molecule has 1 aromatic heterocycles. The van der Waals surface area contributed by atoms with E-state index in [1.807, 2.05) is 0 Å². The Labute approximate surface area is 143 Å². The summed E-state index contributed by atoms with van der Waals surface area (Å²) in [6, 6.07) is 7.15. The van der Waals surface area contributed by atoms with Crippen LogP contribution in [0, 0.1) is 6.92 Å². The lowest BCUT2D eigenvalue weighted by Gasteiger charge is -2.33. The number of carbonyl (C=O) groups excluding carboxylic acids is 2. The fraction of sp³-hybridized carbons (Fsp3) is 0.235. The molecule has 0 saturated carbocycles. The first-order valence-corrected chi connectivity index (χ1v) is 7.83. The van der Waals surface area contributed by atoms with E-state index in [-0.39, 0.29) is 23.9 Å². The van der Waals surface area contributed by atoms with E-state index >= 15 is 0 Å². The molecule has 0 aliphatic carbocycles. The number of aromatic amines is 1. The van der Waals surface area contributed by atoms with Gasteiger partial charge in [0.15, 0.2) is 0 Å². The van der Waals surface area contributed by atoms with E-state index in [2.05, 4.69) is 15.5 Å². The third kappa shape index (κ3) is 1.79. The van der Waals surface area contributed by atoms with Gasteiger partial charge in [-0.1, -0.05) is 18.2 Å². The number of nitrogens with two attached hydrogens (primary N) is 1. The number of anilines is 1. The second-order valence-corrected chi connectivity index (χ2v) is 5.84. The van der Waals surface area contributed by atoms with Gasteiger partial charge in [-0.2, -0.15) is 0 Å². The van der Waals surface area contributed by atoms with Gasteiger partial charge >= 0.3 is 5.97 Å². The Morgan fingerprint density at radius 2 is 2.16 bits per heavy atom. The van der Waals surface area contributed by atoms with Crippen molar-refractivity contribution in [3.63, 3.8) is 0 Å². The number of para-hydroxylation sites is 1. The zero-order chi connectivity index (χ0) is 17.8. The summed E-state index contributed by atoms with van der Waals surface area (Å²) in [6.45, 7) is 3.59. The zero-order valence-corrected chi connectivity index (χ0v) is 13.7. The molecule has 0 unspecified atom stereocenters. The molecule has 0 saturated heterocycles. The summed E-state index contributed by atoms with van der Waals surface area (Å²) in [5, 5.41) is 9.71. The predicted octanol–water partition coefficient (Wildman–Crippen LogP) is 1.08. The molecule has 2 aliphatic heterocycles. The first-order chi connectivity index (χ1) is 12.0. The maximum atomic E-state index is 13.2. The minimum atomic E-state index is -1.46. The molecule has 2 aliphatic rings. The Balaban J connectivity index is 2.10. The fourth-order valence-corrected chi connectivity index (χ4v) is 3.60. The lowest BCUT2D eigenvalue weighted by Crippen LogP contribution is -2.46. The second-order valence-electron chi connectivity index (χ2n) is 5.84. The molecule has 1 amide bonds. The summed E-state index contributed by atoms with van der Waals surface area (Å²) in [5.41, 5.74) is 6.83. The molecule has 0 bridgehead atoms. The number of nitrogens with zero attached hydrogens (tertiary/aromatic N) is 1. The van der Waals surface area contributed by atoms with E-state index in [1.165, 1.54) is 0 Å². The number of esters is 1. The van der Waals surface area contributed by atoms with Crippen molar-refractivity contribution in [1.29, 1.82) is 0 Å². The van der Waals surface area contributed by atoms with Crippen molar-refractivity contribution in [3.8, 4) is 5.88 Å². The number of fused-ring (bicyclic) bond motifs is 4. The topological polar surface area (TPSA) is 119 Å². The number of hydrogen-bond acceptors (Lipinski definition) is 6. The number of rotatable bonds is 2. The number of amides is 1. The van der Waals surface area contributed by atoms with Crippen molar-refractivity contribution in [3.05, 3.63) is 52.5 Å². The van der Waals surface area contributed by atoms with Crippen LogP contribution in [0.15, 0.2) is 35.7 Å². The van der Waals surface area contributed by atoms with E-state index in [1.54, 1.807) is 38.1 Å². The number of H-pyrrole nitrogens is 1. The average Bonchev–Trinajstić information content (AvgIpc) is 3.07. The first-order valence-electron chi connectivity index (χ1n) is 7.83. The van der Waals surface area contributed by atoms with Gasteiger partial charge in [0.25, 0.3) is 0 Å². The quantitative estimate of drug-likeness (QED) is 0.704. The highest BCUT2D eigenvalue weighted by Gasteiger charge is 2.60. The molecule has 1 aromatic carbocycles. The van der Waals surface area contributed by atoms with Gasteiger partial charge in [-0.3, -0.25) is 9.89 Å². The van der Waals surface area contributed by atoms with Crippen LogP contribution in [-0.4, -0.2) is 28.7 Å². The Morgan fingerprint density at radius 3 is 2.92 bits per heavy atom. The van der Waals surface area contributed by atoms with E-state index in [9.17, 15) is 9.59 Å². The van der Waals surface area contributed by atoms with E-state index in [0.717, 1.165) is 0 Å². The molecular formula is C17H16N4O4. The van der Waals surface area contributed by atoms with Crippen LogP contribution in [0.2, 0.25) is 0 Å². The Bertz CT molecular complexity index is 946. The Hall–Kier alpha value is -3.29. The van der Waals surface area contributed by atoms with Crippen LogP contribution in [0.25, 0.3) is 0 Å². The average molecular weight is 340 g/mol. The summed E-state index contributed by atoms with van der Waals surface area (Å²) in [4.78, 5) is 25.9. The summed E-state index contributed by atoms with van der Waals surface area (Å²) < 4.78 is 10.7. The predicted molar refractivity (Wildman–Crippen MR) is 87.7 cm³/mol. The largest absolute Gasteiger partial charge is 0.462 e. The third-order valence-electron chi connectivity index (χ3n) is 4.52. The number of hydrogen-bond donors (Lipinski definition) is 3. The van der Waals surface area contributed by atoms with Crippen molar-refractivity contribution < 1.29 is 19.1 Å². The lowest BCUT2D eigenvalue weighted by atomic mass is 9.68. The monoisotopic (exact) mass is 340 g/mol. The van der Waals surface area contributed by atoms with Crippen LogP contribution in [0.1, 0.15) is 23.7 Å². The molecule has 0 radical (unpaired) electrons. The highest BCUT2D eigenvalue weighted by molar-refractivity contribution is 6.17. The summed E-state index contributed by atoms with van der Waals surface area (Å²) >= 11 is 0. The van der Waals surface area contributed by atoms with Gasteiger partial charge in [0.1, 0.15) is 11.0 Å². The molecule has 8 heteroatoms. The molecule has 4 rings (SSSR count). The van der Waals surface area contributed by atoms with Crippen LogP contribution in [0.4, 0.5) is 5.69 Å². The zero-order valence-electron chi connectivity index (χ0n) is 13.7. The Morgan fingerprint density at radius 1 is 1.40 bits per heavy atom. The van der Waals surface area contributed by atoms with Gasteiger partial charge < -0.3 is 20.5 Å². The molecule has 0 fully saturated rings. The Kier molecular flexibility index (Phi) is 3.11. The third-order valence-corrected chi connectivity index (χ3v) is 4.52. The molecule has 4 N–H and O–H groups in total. The van der Waals surface area contributed by atoms with E-state index < -0.39 is 17.3 Å². The highest BCUT2D eigenvalue weighted by atomic mass is 16.5. The van der Waals surface area contributed by atoms with Crippen molar-refractivity contribution in [2.45, 2.75) is 19.3 Å². The van der Waals surface area contributed by atoms with Crippen LogP contribution in [0.5, 0.6) is 5.88 Å². The molecular weight excluding hydrogens is 324 g/mol. The molecule has 2 aromatic rings. The van der Waals surface area contributed by atoms with Gasteiger partial charge in [0.05, 0.1) is 12.2 Å². The molecule has 1 atom stereocenters. The van der Waals surface area contributed by atoms with Crippen LogP contribution < -0.4 is 15.8 Å².